The summed E-state index contributed by atoms with van der Waals surface area (Å²) in [6.45, 7) is 4.84. The van der Waals surface area contributed by atoms with Crippen molar-refractivity contribution in [2.45, 2.75) is 20.3 Å². The van der Waals surface area contributed by atoms with Crippen LogP contribution in [-0.2, 0) is 9.63 Å². The molecule has 104 valence electrons. The van der Waals surface area contributed by atoms with Gasteiger partial charge in [0.05, 0.1) is 24.3 Å². The van der Waals surface area contributed by atoms with Crippen molar-refractivity contribution < 1.29 is 14.8 Å². The highest BCUT2D eigenvalue weighted by Crippen LogP contribution is 2.36. The summed E-state index contributed by atoms with van der Waals surface area (Å²) in [6.07, 6.45) is 0.669. The SMILES string of the molecule is CC(C)CC1(C(=O)NO)CON(c2ccccc2)C1. The van der Waals surface area contributed by atoms with Crippen molar-refractivity contribution in [2.24, 2.45) is 11.3 Å². The first-order valence-corrected chi connectivity index (χ1v) is 6.47. The predicted molar refractivity (Wildman–Crippen MR) is 71.6 cm³/mol. The Balaban J connectivity index is 2.18. The minimum absolute atomic E-state index is 0.284. The number of benzene rings is 1. The molecular formula is C14H20N2O3. The van der Waals surface area contributed by atoms with Gasteiger partial charge < -0.3 is 0 Å². The van der Waals surface area contributed by atoms with E-state index in [9.17, 15) is 4.79 Å². The lowest BCUT2D eigenvalue weighted by molar-refractivity contribution is -0.140. The van der Waals surface area contributed by atoms with Crippen molar-refractivity contribution in [1.82, 2.24) is 5.48 Å². The van der Waals surface area contributed by atoms with Gasteiger partial charge in [0.2, 0.25) is 0 Å². The molecule has 1 atom stereocenters. The molecule has 1 aromatic rings. The number of hydroxylamine groups is 2. The van der Waals surface area contributed by atoms with Crippen molar-refractivity contribution in [3.63, 3.8) is 0 Å². The second kappa shape index (κ2) is 5.59. The first-order chi connectivity index (χ1) is 9.07. The number of amides is 1. The number of carbonyl (C=O) groups is 1. The van der Waals surface area contributed by atoms with Crippen LogP contribution in [0.3, 0.4) is 0 Å². The van der Waals surface area contributed by atoms with Crippen molar-refractivity contribution in [1.29, 1.82) is 0 Å². The third-order valence-electron chi connectivity index (χ3n) is 3.37. The molecule has 0 spiro atoms. The second-order valence-electron chi connectivity index (χ2n) is 5.46. The third kappa shape index (κ3) is 2.88. The van der Waals surface area contributed by atoms with Crippen LogP contribution in [-0.4, -0.2) is 24.3 Å². The number of hydrogen-bond donors (Lipinski definition) is 2. The first kappa shape index (κ1) is 13.8. The highest BCUT2D eigenvalue weighted by molar-refractivity contribution is 5.83. The summed E-state index contributed by atoms with van der Waals surface area (Å²) in [5.74, 6) is -0.0312. The normalized spacial score (nSPS) is 22.8. The molecule has 0 aromatic heterocycles. The zero-order valence-electron chi connectivity index (χ0n) is 11.3. The summed E-state index contributed by atoms with van der Waals surface area (Å²) in [7, 11) is 0. The van der Waals surface area contributed by atoms with E-state index in [1.807, 2.05) is 30.3 Å². The van der Waals surface area contributed by atoms with Gasteiger partial charge in [0.1, 0.15) is 0 Å². The van der Waals surface area contributed by atoms with E-state index in [4.69, 9.17) is 10.0 Å². The Kier molecular flexibility index (Phi) is 4.07. The molecule has 5 nitrogen and oxygen atoms in total. The van der Waals surface area contributed by atoms with E-state index < -0.39 is 5.41 Å². The molecule has 0 radical (unpaired) electrons. The van der Waals surface area contributed by atoms with Crippen molar-refractivity contribution >= 4 is 11.6 Å². The second-order valence-corrected chi connectivity index (χ2v) is 5.46. The summed E-state index contributed by atoms with van der Waals surface area (Å²) >= 11 is 0. The molecule has 19 heavy (non-hydrogen) atoms. The van der Waals surface area contributed by atoms with E-state index >= 15 is 0 Å². The molecule has 0 aliphatic carbocycles. The van der Waals surface area contributed by atoms with E-state index in [1.165, 1.54) is 0 Å². The molecular weight excluding hydrogens is 244 g/mol. The van der Waals surface area contributed by atoms with Gasteiger partial charge in [-0.25, -0.2) is 5.48 Å². The quantitative estimate of drug-likeness (QED) is 0.645. The van der Waals surface area contributed by atoms with Crippen LogP contribution in [0, 0.1) is 11.3 Å². The Hall–Kier alpha value is -1.59. The van der Waals surface area contributed by atoms with E-state index in [-0.39, 0.29) is 12.5 Å². The molecule has 5 heteroatoms. The third-order valence-corrected chi connectivity index (χ3v) is 3.37. The molecule has 1 aliphatic heterocycles. The fraction of sp³-hybridized carbons (Fsp3) is 0.500. The molecule has 1 unspecified atom stereocenters. The molecule has 1 amide bonds. The van der Waals surface area contributed by atoms with Gasteiger partial charge >= 0.3 is 0 Å². The van der Waals surface area contributed by atoms with Gasteiger partial charge in [0, 0.05) is 0 Å². The maximum atomic E-state index is 12.0. The summed E-state index contributed by atoms with van der Waals surface area (Å²) in [5, 5.41) is 10.7. The Labute approximate surface area is 113 Å². The molecule has 1 heterocycles. The molecule has 2 rings (SSSR count). The smallest absolute Gasteiger partial charge is 0.253 e. The van der Waals surface area contributed by atoms with Crippen LogP contribution in [0.2, 0.25) is 0 Å². The van der Waals surface area contributed by atoms with Gasteiger partial charge in [0.25, 0.3) is 5.91 Å². The molecule has 1 aromatic carbocycles. The number of para-hydroxylation sites is 1. The molecule has 1 saturated heterocycles. The number of hydrogen-bond acceptors (Lipinski definition) is 4. The highest BCUT2D eigenvalue weighted by atomic mass is 16.7. The minimum atomic E-state index is -0.696. The van der Waals surface area contributed by atoms with E-state index in [0.717, 1.165) is 5.69 Å². The van der Waals surface area contributed by atoms with Gasteiger partial charge in [-0.2, -0.15) is 0 Å². The fourth-order valence-electron chi connectivity index (χ4n) is 2.58. The van der Waals surface area contributed by atoms with Crippen LogP contribution in [0.5, 0.6) is 0 Å². The number of rotatable bonds is 4. The van der Waals surface area contributed by atoms with E-state index in [0.29, 0.717) is 18.9 Å². The van der Waals surface area contributed by atoms with Crippen LogP contribution in [0.15, 0.2) is 30.3 Å². The van der Waals surface area contributed by atoms with E-state index in [2.05, 4.69) is 13.8 Å². The monoisotopic (exact) mass is 264 g/mol. The van der Waals surface area contributed by atoms with Crippen molar-refractivity contribution in [3.05, 3.63) is 30.3 Å². The molecule has 1 fully saturated rings. The predicted octanol–water partition coefficient (Wildman–Crippen LogP) is 1.98. The summed E-state index contributed by atoms with van der Waals surface area (Å²) in [5.41, 5.74) is 2.00. The van der Waals surface area contributed by atoms with Crippen LogP contribution in [0.25, 0.3) is 0 Å². The number of carbonyl (C=O) groups excluding carboxylic acids is 1. The average Bonchev–Trinajstić information content (AvgIpc) is 2.83. The summed E-state index contributed by atoms with van der Waals surface area (Å²) < 4.78 is 0. The average molecular weight is 264 g/mol. The number of anilines is 1. The van der Waals surface area contributed by atoms with Gasteiger partial charge in [-0.05, 0) is 24.5 Å². The van der Waals surface area contributed by atoms with Crippen molar-refractivity contribution in [2.75, 3.05) is 18.2 Å². The Morgan fingerprint density at radius 3 is 2.74 bits per heavy atom. The number of nitrogens with one attached hydrogen (secondary N) is 1. The van der Waals surface area contributed by atoms with Gasteiger partial charge in [-0.3, -0.25) is 19.9 Å². The van der Waals surface area contributed by atoms with Gasteiger partial charge in [-0.15, -0.1) is 0 Å². The summed E-state index contributed by atoms with van der Waals surface area (Å²) in [6, 6.07) is 9.65. The lowest BCUT2D eigenvalue weighted by Crippen LogP contribution is -2.44. The minimum Gasteiger partial charge on any atom is -0.289 e. The maximum absolute atomic E-state index is 12.0. The largest absolute Gasteiger partial charge is 0.289 e. The van der Waals surface area contributed by atoms with Gasteiger partial charge in [-0.1, -0.05) is 32.0 Å². The van der Waals surface area contributed by atoms with Crippen LogP contribution >= 0.6 is 0 Å². The van der Waals surface area contributed by atoms with Crippen molar-refractivity contribution in [3.8, 4) is 0 Å². The Morgan fingerprint density at radius 2 is 2.16 bits per heavy atom. The standard InChI is InChI=1S/C14H20N2O3/c1-11(2)8-14(13(17)15-18)9-16(19-10-14)12-6-4-3-5-7-12/h3-7,11,18H,8-10H2,1-2H3,(H,15,17). The molecule has 2 N–H and O–H groups in total. The van der Waals surface area contributed by atoms with Gasteiger partial charge in [0.15, 0.2) is 0 Å². The Morgan fingerprint density at radius 1 is 1.47 bits per heavy atom. The zero-order valence-corrected chi connectivity index (χ0v) is 11.3. The lowest BCUT2D eigenvalue weighted by Gasteiger charge is -2.26. The lowest BCUT2D eigenvalue weighted by atomic mass is 9.80. The van der Waals surface area contributed by atoms with Crippen LogP contribution in [0.4, 0.5) is 5.69 Å². The highest BCUT2D eigenvalue weighted by Gasteiger charge is 2.46. The zero-order chi connectivity index (χ0) is 13.9. The first-order valence-electron chi connectivity index (χ1n) is 6.47. The fourth-order valence-corrected chi connectivity index (χ4v) is 2.58. The summed E-state index contributed by atoms with van der Waals surface area (Å²) in [4.78, 5) is 17.6. The maximum Gasteiger partial charge on any atom is 0.253 e. The Bertz CT molecular complexity index is 436. The van der Waals surface area contributed by atoms with Crippen LogP contribution < -0.4 is 10.5 Å². The molecule has 0 bridgehead atoms. The van der Waals surface area contributed by atoms with E-state index in [1.54, 1.807) is 10.5 Å². The van der Waals surface area contributed by atoms with Crippen LogP contribution in [0.1, 0.15) is 20.3 Å². The topological polar surface area (TPSA) is 61.8 Å². The number of nitrogens with zero attached hydrogens (tertiary/aromatic N) is 1. The molecule has 1 aliphatic rings. The molecule has 0 saturated carbocycles.